The summed E-state index contributed by atoms with van der Waals surface area (Å²) in [4.78, 5) is 55.6. The van der Waals surface area contributed by atoms with Crippen molar-refractivity contribution < 1.29 is 38.9 Å². The number of fused-ring (bicyclic) bond motifs is 1. The van der Waals surface area contributed by atoms with Gasteiger partial charge in [-0.3, -0.25) is 9.59 Å². The third-order valence-electron chi connectivity index (χ3n) is 9.72. The van der Waals surface area contributed by atoms with Crippen LogP contribution in [0.25, 0.3) is 10.9 Å². The maximum absolute atomic E-state index is 13.7. The van der Waals surface area contributed by atoms with Gasteiger partial charge in [0.1, 0.15) is 11.4 Å². The number of pyridine rings is 1. The number of amides is 2. The van der Waals surface area contributed by atoms with Gasteiger partial charge in [-0.1, -0.05) is 69.3 Å². The van der Waals surface area contributed by atoms with Crippen molar-refractivity contribution >= 4 is 37.2 Å². The Hall–Kier alpha value is -4.98. The minimum absolute atomic E-state index is 0.0455. The summed E-state index contributed by atoms with van der Waals surface area (Å²) in [6, 6.07) is 20.2. The second-order valence-corrected chi connectivity index (χ2v) is 20.8. The number of nitrogens with zero attached hydrogens (tertiary/aromatic N) is 1. The van der Waals surface area contributed by atoms with Crippen molar-refractivity contribution in [3.8, 4) is 5.75 Å². The number of aromatic nitrogens is 1. The molecule has 5 N–H and O–H groups in total. The molecule has 0 aliphatic heterocycles. The number of benzene rings is 3. The summed E-state index contributed by atoms with van der Waals surface area (Å²) in [7, 11) is -2.45. The van der Waals surface area contributed by atoms with E-state index >= 15 is 0 Å². The lowest BCUT2D eigenvalue weighted by atomic mass is 9.85. The van der Waals surface area contributed by atoms with Crippen molar-refractivity contribution in [3.63, 3.8) is 0 Å². The van der Waals surface area contributed by atoms with Crippen LogP contribution in [-0.4, -0.2) is 76.7 Å². The fraction of sp³-hybridized carbons (Fsp3) is 0.415. The van der Waals surface area contributed by atoms with Crippen LogP contribution in [0.1, 0.15) is 87.5 Å². The molecule has 54 heavy (non-hydrogen) atoms. The second-order valence-electron chi connectivity index (χ2n) is 16.0. The summed E-state index contributed by atoms with van der Waals surface area (Å²) >= 11 is 0. The van der Waals surface area contributed by atoms with Gasteiger partial charge >= 0.3 is 12.1 Å². The molecule has 1 heterocycles. The number of H-pyrrole nitrogens is 1. The minimum atomic E-state index is -2.45. The number of nitrogens with one attached hydrogen (secondary N) is 2. The van der Waals surface area contributed by atoms with Crippen LogP contribution in [0.15, 0.2) is 83.7 Å². The van der Waals surface area contributed by atoms with Crippen LogP contribution < -0.4 is 10.9 Å². The zero-order chi connectivity index (χ0) is 40.1. The lowest BCUT2D eigenvalue weighted by Crippen LogP contribution is -2.46. The Morgan fingerprint density at radius 1 is 0.889 bits per heavy atom. The van der Waals surface area contributed by atoms with E-state index in [1.54, 1.807) is 62.1 Å². The van der Waals surface area contributed by atoms with Crippen molar-refractivity contribution in [1.29, 1.82) is 0 Å². The summed E-state index contributed by atoms with van der Waals surface area (Å²) in [6.07, 6.45) is -0.194. The average molecular weight is 760 g/mol. The second kappa shape index (κ2) is 16.6. The van der Waals surface area contributed by atoms with Crippen LogP contribution in [0, 0.1) is 0 Å². The first-order valence-corrected chi connectivity index (χ1v) is 21.0. The van der Waals surface area contributed by atoms with Gasteiger partial charge in [-0.2, -0.15) is 0 Å². The molecule has 12 nitrogen and oxygen atoms in total. The van der Waals surface area contributed by atoms with E-state index in [9.17, 15) is 34.5 Å². The van der Waals surface area contributed by atoms with E-state index in [4.69, 9.17) is 9.16 Å². The molecule has 1 aromatic heterocycles. The highest BCUT2D eigenvalue weighted by molar-refractivity contribution is 6.74. The molecule has 0 bridgehead atoms. The molecule has 3 aromatic carbocycles. The van der Waals surface area contributed by atoms with Gasteiger partial charge in [0.2, 0.25) is 11.2 Å². The quantitative estimate of drug-likeness (QED) is 0.0665. The lowest BCUT2D eigenvalue weighted by molar-refractivity contribution is -0.155. The highest BCUT2D eigenvalue weighted by Gasteiger charge is 2.42. The largest absolute Gasteiger partial charge is 0.506 e. The summed E-state index contributed by atoms with van der Waals surface area (Å²) in [5.74, 6) is -1.99. The zero-order valence-electron chi connectivity index (χ0n) is 32.4. The molecule has 4 aromatic rings. The Labute approximate surface area is 317 Å². The topological polar surface area (TPSA) is 178 Å². The molecule has 0 saturated heterocycles. The number of phenols is 1. The number of aromatic amines is 1. The lowest BCUT2D eigenvalue weighted by Gasteiger charge is -2.41. The molecule has 0 spiro atoms. The van der Waals surface area contributed by atoms with Crippen LogP contribution in [0.3, 0.4) is 0 Å². The fourth-order valence-electron chi connectivity index (χ4n) is 5.77. The predicted molar refractivity (Wildman–Crippen MR) is 210 cm³/mol. The van der Waals surface area contributed by atoms with Gasteiger partial charge in [-0.05, 0) is 87.1 Å². The van der Waals surface area contributed by atoms with Gasteiger partial charge in [0.25, 0.3) is 5.91 Å². The summed E-state index contributed by atoms with van der Waals surface area (Å²) < 4.78 is 12.8. The number of aliphatic carboxylic acids is 1. The monoisotopic (exact) mass is 759 g/mol. The molecule has 13 heteroatoms. The van der Waals surface area contributed by atoms with Crippen molar-refractivity contribution in [3.05, 3.63) is 111 Å². The third kappa shape index (κ3) is 9.95. The van der Waals surface area contributed by atoms with Gasteiger partial charge in [0, 0.05) is 35.7 Å². The highest BCUT2D eigenvalue weighted by Crippen LogP contribution is 2.41. The molecular weight excluding hydrogens is 707 g/mol. The van der Waals surface area contributed by atoms with E-state index in [2.05, 4.69) is 44.2 Å². The maximum atomic E-state index is 13.7. The van der Waals surface area contributed by atoms with E-state index < -0.39 is 43.6 Å². The fourth-order valence-corrected chi connectivity index (χ4v) is 7.03. The highest BCUT2D eigenvalue weighted by atomic mass is 28.4. The molecule has 0 saturated carbocycles. The molecule has 1 unspecified atom stereocenters. The molecule has 4 rings (SSSR count). The number of carbonyl (C=O) groups is 3. The number of unbranched alkanes of at least 4 members (excludes halogenated alkanes) is 1. The first-order chi connectivity index (χ1) is 25.1. The first-order valence-electron chi connectivity index (χ1n) is 18.0. The van der Waals surface area contributed by atoms with E-state index in [0.717, 1.165) is 0 Å². The number of ether oxygens (including phenoxy) is 1. The average Bonchev–Trinajstić information content (AvgIpc) is 3.09. The zero-order valence-corrected chi connectivity index (χ0v) is 33.4. The maximum Gasteiger partial charge on any atom is 0.410 e. The number of aliphatic hydroxyl groups is 1. The summed E-state index contributed by atoms with van der Waals surface area (Å²) in [5, 5.41) is 35.1. The van der Waals surface area contributed by atoms with Gasteiger partial charge in [-0.15, -0.1) is 0 Å². The standard InChI is InChI=1S/C41H53N3O9Si/c1-39(2,3)52-38(50)44(26-33(53-54(7,8)40(4,5)6)30-19-21-32(45)35-31(30)20-22-34(46)43-35)24-13-12-23-42-36(47)27-15-14-18-29(25-27)41(51,37(48)49)28-16-10-9-11-17-28/h9-11,14-22,25,33,45,51H,12-13,23-24,26H2,1-8H3,(H,42,47)(H,43,46)(H,48,49)/t33-,41?/m0/s1. The Kier molecular flexibility index (Phi) is 12.8. The smallest absolute Gasteiger partial charge is 0.410 e. The Morgan fingerprint density at radius 3 is 2.19 bits per heavy atom. The van der Waals surface area contributed by atoms with E-state index in [1.165, 1.54) is 42.5 Å². The number of carboxylic acids is 1. The minimum Gasteiger partial charge on any atom is -0.506 e. The van der Waals surface area contributed by atoms with Crippen LogP contribution in [0.5, 0.6) is 5.75 Å². The molecule has 0 aliphatic rings. The normalized spacial score (nSPS) is 13.9. The van der Waals surface area contributed by atoms with Crippen molar-refractivity contribution in [2.45, 2.75) is 89.8 Å². The number of phenolic OH excluding ortho intramolecular Hbond substituents is 1. The third-order valence-corrected chi connectivity index (χ3v) is 14.2. The molecule has 290 valence electrons. The molecule has 2 atom stereocenters. The molecular formula is C41H53N3O9Si. The summed E-state index contributed by atoms with van der Waals surface area (Å²) in [5.41, 5.74) is -2.10. The summed E-state index contributed by atoms with van der Waals surface area (Å²) in [6.45, 7) is 16.6. The number of aromatic hydroxyl groups is 1. The van der Waals surface area contributed by atoms with Crippen molar-refractivity contribution in [1.82, 2.24) is 15.2 Å². The number of hydrogen-bond acceptors (Lipinski definition) is 8. The van der Waals surface area contributed by atoms with Gasteiger partial charge in [-0.25, -0.2) is 9.59 Å². The predicted octanol–water partition coefficient (Wildman–Crippen LogP) is 7.06. The van der Waals surface area contributed by atoms with Crippen molar-refractivity contribution in [2.24, 2.45) is 0 Å². The Bertz CT molecular complexity index is 2020. The number of carbonyl (C=O) groups excluding carboxylic acids is 2. The number of hydrogen-bond donors (Lipinski definition) is 5. The molecule has 2 amide bonds. The van der Waals surface area contributed by atoms with Crippen molar-refractivity contribution in [2.75, 3.05) is 19.6 Å². The number of carboxylic acid groups (broad SMARTS) is 1. The van der Waals surface area contributed by atoms with Gasteiger partial charge < -0.3 is 39.7 Å². The molecule has 0 radical (unpaired) electrons. The van der Waals surface area contributed by atoms with Crippen LogP contribution >= 0.6 is 0 Å². The van der Waals surface area contributed by atoms with Crippen LogP contribution in [0.2, 0.25) is 18.1 Å². The van der Waals surface area contributed by atoms with E-state index in [-0.39, 0.29) is 58.2 Å². The van der Waals surface area contributed by atoms with E-state index in [1.807, 2.05) is 0 Å². The number of rotatable bonds is 14. The Morgan fingerprint density at radius 2 is 1.56 bits per heavy atom. The molecule has 0 fully saturated rings. The van der Waals surface area contributed by atoms with Crippen LogP contribution in [-0.2, 0) is 19.6 Å². The first kappa shape index (κ1) is 41.8. The van der Waals surface area contributed by atoms with E-state index in [0.29, 0.717) is 23.8 Å². The van der Waals surface area contributed by atoms with Gasteiger partial charge in [0.05, 0.1) is 18.2 Å². The Balaban J connectivity index is 1.53. The van der Waals surface area contributed by atoms with Gasteiger partial charge in [0.15, 0.2) is 8.32 Å². The van der Waals surface area contributed by atoms with Crippen LogP contribution in [0.4, 0.5) is 4.79 Å². The molecule has 0 aliphatic carbocycles. The SMILES string of the molecule is CC(C)(C)OC(=O)N(CCCCNC(=O)c1cccc(C(O)(C(=O)O)c2ccccc2)c1)C[C@H](O[Si](C)(C)C(C)(C)C)c1ccc(O)c2[nH]c(=O)ccc12.